The Morgan fingerprint density at radius 1 is 1.36 bits per heavy atom. The van der Waals surface area contributed by atoms with Gasteiger partial charge in [-0.2, -0.15) is 0 Å². The van der Waals surface area contributed by atoms with Crippen LogP contribution < -0.4 is 35.3 Å². The van der Waals surface area contributed by atoms with Crippen LogP contribution >= 0.6 is 25.3 Å². The van der Waals surface area contributed by atoms with Crippen molar-refractivity contribution >= 4 is 35.7 Å². The minimum atomic E-state index is -0.639. The van der Waals surface area contributed by atoms with Crippen LogP contribution in [0.15, 0.2) is 0 Å². The zero-order valence-electron chi connectivity index (χ0n) is 7.74. The summed E-state index contributed by atoms with van der Waals surface area (Å²) in [5, 5.41) is -0.852. The molecule has 0 saturated heterocycles. The molecule has 0 aromatic rings. The number of carbonyl (C=O) groups is 2. The van der Waals surface area contributed by atoms with Gasteiger partial charge in [-0.15, -0.1) is 0 Å². The van der Waals surface area contributed by atoms with Gasteiger partial charge in [-0.05, 0) is 0 Å². The van der Waals surface area contributed by atoms with Crippen molar-refractivity contribution in [3.05, 3.63) is 0 Å². The average molecular weight is 206 g/mol. The predicted octanol–water partition coefficient (Wildman–Crippen LogP) is -2.29. The Balaban J connectivity index is -0.0000000483. The maximum absolute atomic E-state index is 9.93. The van der Waals surface area contributed by atoms with E-state index in [2.05, 4.69) is 31.0 Å². The Morgan fingerprint density at radius 3 is 1.45 bits per heavy atom. The van der Waals surface area contributed by atoms with Crippen LogP contribution in [-0.2, 0) is 0 Å². The van der Waals surface area contributed by atoms with Gasteiger partial charge in [0.05, 0.1) is 0 Å². The zero-order valence-corrected chi connectivity index (χ0v) is 10.5. The van der Waals surface area contributed by atoms with E-state index in [9.17, 15) is 4.79 Å². The first kappa shape index (κ1) is 17.7. The topological polar surface area (TPSA) is 63.4 Å². The summed E-state index contributed by atoms with van der Waals surface area (Å²) >= 11 is 6.58. The monoisotopic (exact) mass is 206 g/mol. The molecule has 4 nitrogen and oxygen atoms in total. The van der Waals surface area contributed by atoms with Crippen molar-refractivity contribution < 1.29 is 40.6 Å². The molecule has 0 aromatic heterocycles. The number of nitrogens with two attached hydrogens (primary N) is 1. The molecule has 62 valence electrons. The number of rotatable bonds is 0. The Hall–Kier alpha value is 0.640. The number of primary amides is 1. The van der Waals surface area contributed by atoms with Gasteiger partial charge in [0.1, 0.15) is 0 Å². The van der Waals surface area contributed by atoms with Gasteiger partial charge in [-0.25, -0.2) is 0 Å². The fourth-order valence-electron chi connectivity index (χ4n) is 0. The van der Waals surface area contributed by atoms with Crippen LogP contribution in [0.4, 0.5) is 9.59 Å². The van der Waals surface area contributed by atoms with Crippen LogP contribution in [-0.4, -0.2) is 29.5 Å². The molecule has 2 amide bonds. The fourth-order valence-corrected chi connectivity index (χ4v) is 0. The number of hydrogen-bond donors (Lipinski definition) is 3. The van der Waals surface area contributed by atoms with Crippen LogP contribution in [0.1, 0.15) is 1.43 Å². The quantitative estimate of drug-likeness (QED) is 0.308. The van der Waals surface area contributed by atoms with E-state index in [0.29, 0.717) is 0 Å². The first-order valence-corrected chi connectivity index (χ1v) is 3.16. The molecule has 0 saturated carbocycles. The second kappa shape index (κ2) is 10.6. The molecule has 0 radical (unpaired) electrons. The molecule has 7 heteroatoms. The Morgan fingerprint density at radius 2 is 1.45 bits per heavy atom. The first-order valence-electron chi connectivity index (χ1n) is 2.26. The van der Waals surface area contributed by atoms with Crippen molar-refractivity contribution in [1.82, 2.24) is 4.90 Å². The minimum Gasteiger partial charge on any atom is -1.00 e. The first-order chi connectivity index (χ1) is 4.37. The number of thiol groups is 2. The van der Waals surface area contributed by atoms with Crippen molar-refractivity contribution in [3.63, 3.8) is 0 Å². The van der Waals surface area contributed by atoms with E-state index in [1.807, 2.05) is 0 Å². The molecule has 0 aliphatic rings. The largest absolute Gasteiger partial charge is 1.00 e. The predicted molar refractivity (Wildman–Crippen MR) is 47.8 cm³/mol. The number of amides is 2. The summed E-state index contributed by atoms with van der Waals surface area (Å²) in [5.41, 5.74) is 4.34. The van der Waals surface area contributed by atoms with Gasteiger partial charge in [-0.1, -0.05) is 25.3 Å². The van der Waals surface area contributed by atoms with Crippen molar-refractivity contribution in [3.8, 4) is 0 Å². The van der Waals surface area contributed by atoms with Crippen molar-refractivity contribution in [2.75, 3.05) is 14.1 Å². The molecule has 0 aromatic carbocycles. The summed E-state index contributed by atoms with van der Waals surface area (Å²) in [4.78, 5) is 20.4. The van der Waals surface area contributed by atoms with E-state index in [-0.39, 0.29) is 36.2 Å². The molecule has 0 aliphatic heterocycles. The molecular weight excluding hydrogens is 195 g/mol. The average Bonchev–Trinajstić information content (AvgIpc) is 1.63. The number of hydrogen-bond acceptors (Lipinski definition) is 2. The summed E-state index contributed by atoms with van der Waals surface area (Å²) in [6.45, 7) is 0. The smallest absolute Gasteiger partial charge is 1.00 e. The second-order valence-corrected chi connectivity index (χ2v) is 2.34. The van der Waals surface area contributed by atoms with Crippen LogP contribution in [0.5, 0.6) is 0 Å². The Bertz CT molecular complexity index is 132. The van der Waals surface area contributed by atoms with Crippen molar-refractivity contribution in [1.29, 1.82) is 0 Å². The van der Waals surface area contributed by atoms with Crippen LogP contribution in [0, 0.1) is 0 Å². The Labute approximate surface area is 100 Å². The van der Waals surface area contributed by atoms with Gasteiger partial charge in [0.15, 0.2) is 0 Å². The van der Waals surface area contributed by atoms with E-state index in [4.69, 9.17) is 4.79 Å². The molecule has 2 N–H and O–H groups in total. The third-order valence-electron chi connectivity index (χ3n) is 0.383. The molecule has 0 atom stereocenters. The number of nitrogens with zero attached hydrogens (tertiary/aromatic N) is 1. The molecular formula is C4H11N2NaO2S2. The van der Waals surface area contributed by atoms with Gasteiger partial charge < -0.3 is 12.1 Å². The summed E-state index contributed by atoms with van der Waals surface area (Å²) in [5.74, 6) is 0. The molecule has 0 fully saturated rings. The third-order valence-corrected chi connectivity index (χ3v) is 0.783. The van der Waals surface area contributed by atoms with E-state index < -0.39 is 5.24 Å². The number of carbonyl (C=O) groups excluding carboxylic acids is 2. The van der Waals surface area contributed by atoms with Crippen LogP contribution in [0.3, 0.4) is 0 Å². The van der Waals surface area contributed by atoms with E-state index in [1.165, 1.54) is 4.90 Å². The van der Waals surface area contributed by atoms with E-state index >= 15 is 0 Å². The minimum absolute atomic E-state index is 0. The van der Waals surface area contributed by atoms with Gasteiger partial charge in [0, 0.05) is 14.1 Å². The molecule has 0 heterocycles. The van der Waals surface area contributed by atoms with Crippen molar-refractivity contribution in [2.45, 2.75) is 0 Å². The Kier molecular flexibility index (Phi) is 17.1. The molecule has 0 unspecified atom stereocenters. The van der Waals surface area contributed by atoms with Crippen molar-refractivity contribution in [2.24, 2.45) is 5.73 Å². The molecule has 0 rings (SSSR count). The second-order valence-electron chi connectivity index (χ2n) is 1.52. The molecule has 11 heavy (non-hydrogen) atoms. The van der Waals surface area contributed by atoms with Gasteiger partial charge in [0.2, 0.25) is 0 Å². The summed E-state index contributed by atoms with van der Waals surface area (Å²) < 4.78 is 0. The van der Waals surface area contributed by atoms with E-state index in [1.54, 1.807) is 14.1 Å². The van der Waals surface area contributed by atoms with Gasteiger partial charge >= 0.3 is 29.6 Å². The fraction of sp³-hybridized carbons (Fsp3) is 0.500. The van der Waals surface area contributed by atoms with Crippen LogP contribution in [0.2, 0.25) is 0 Å². The summed E-state index contributed by atoms with van der Waals surface area (Å²) in [6, 6.07) is 0. The maximum atomic E-state index is 9.93. The third kappa shape index (κ3) is 36.9. The normalized spacial score (nSPS) is 6.55. The maximum Gasteiger partial charge on any atom is 1.00 e. The van der Waals surface area contributed by atoms with Gasteiger partial charge in [-0.3, -0.25) is 9.59 Å². The SMILES string of the molecule is CN(C)C(=O)S.NC(=O)S.[H-].[Na+]. The molecule has 0 bridgehead atoms. The zero-order chi connectivity index (χ0) is 8.73. The summed E-state index contributed by atoms with van der Waals surface area (Å²) in [7, 11) is 3.30. The van der Waals surface area contributed by atoms with Crippen LogP contribution in [0.25, 0.3) is 0 Å². The van der Waals surface area contributed by atoms with Gasteiger partial charge in [0.25, 0.3) is 10.5 Å². The summed E-state index contributed by atoms with van der Waals surface area (Å²) in [6.07, 6.45) is 0. The molecule has 0 aliphatic carbocycles. The van der Waals surface area contributed by atoms with E-state index in [0.717, 1.165) is 0 Å². The molecule has 0 spiro atoms. The standard InChI is InChI=1S/C3H7NOS.CH3NOS.Na.H/c1-4(2)3(5)6;2-1(3)4;;/h1-2H3,(H,5,6);(H3,2,3,4);;/q;;+1;-1.